The van der Waals surface area contributed by atoms with Gasteiger partial charge in [0.1, 0.15) is 6.10 Å². The van der Waals surface area contributed by atoms with Gasteiger partial charge in [-0.2, -0.15) is 0 Å². The molecule has 1 aliphatic carbocycles. The van der Waals surface area contributed by atoms with Gasteiger partial charge in [-0.1, -0.05) is 19.9 Å². The summed E-state index contributed by atoms with van der Waals surface area (Å²) in [6.45, 7) is 10.4. The van der Waals surface area contributed by atoms with E-state index in [1.165, 1.54) is 12.8 Å². The number of aromatic nitrogens is 1. The minimum absolute atomic E-state index is 0.0718. The third-order valence-electron chi connectivity index (χ3n) is 5.60. The Morgan fingerprint density at radius 2 is 1.93 bits per heavy atom. The second kappa shape index (κ2) is 9.70. The Balaban J connectivity index is 1.53. The van der Waals surface area contributed by atoms with Crippen molar-refractivity contribution in [3.63, 3.8) is 0 Å². The molecule has 28 heavy (non-hydrogen) atoms. The van der Waals surface area contributed by atoms with Crippen LogP contribution in [0.15, 0.2) is 18.3 Å². The molecule has 1 N–H and O–H groups in total. The van der Waals surface area contributed by atoms with E-state index in [1.54, 1.807) is 6.20 Å². The number of ether oxygens (including phenoxy) is 2. The van der Waals surface area contributed by atoms with Crippen LogP contribution < -0.4 is 10.1 Å². The molecule has 3 atom stereocenters. The molecule has 3 rings (SSSR count). The maximum absolute atomic E-state index is 12.9. The molecule has 1 saturated carbocycles. The van der Waals surface area contributed by atoms with Gasteiger partial charge in [0.05, 0.1) is 18.2 Å². The summed E-state index contributed by atoms with van der Waals surface area (Å²) in [5, 5.41) is 3.10. The van der Waals surface area contributed by atoms with Crippen LogP contribution in [0.3, 0.4) is 0 Å². The number of carbonyl (C=O) groups excluding carboxylic acids is 1. The van der Waals surface area contributed by atoms with Crippen LogP contribution in [-0.4, -0.2) is 53.2 Å². The fourth-order valence-corrected chi connectivity index (χ4v) is 4.39. The van der Waals surface area contributed by atoms with Crippen molar-refractivity contribution >= 4 is 5.91 Å². The molecular formula is C22H35N3O3. The van der Waals surface area contributed by atoms with Crippen LogP contribution in [0.2, 0.25) is 0 Å². The highest BCUT2D eigenvalue weighted by Crippen LogP contribution is 2.23. The number of nitrogens with one attached hydrogen (secondary N) is 1. The number of morpholine rings is 1. The topological polar surface area (TPSA) is 63.7 Å². The molecule has 2 heterocycles. The number of pyridine rings is 1. The Kier molecular flexibility index (Phi) is 7.30. The lowest BCUT2D eigenvalue weighted by molar-refractivity contribution is -0.135. The molecule has 0 radical (unpaired) electrons. The largest absolute Gasteiger partial charge is 0.474 e. The van der Waals surface area contributed by atoms with E-state index in [9.17, 15) is 4.79 Å². The molecule has 1 aromatic heterocycles. The van der Waals surface area contributed by atoms with E-state index in [2.05, 4.69) is 42.9 Å². The van der Waals surface area contributed by atoms with E-state index in [1.807, 2.05) is 12.1 Å². The summed E-state index contributed by atoms with van der Waals surface area (Å²) in [5.41, 5.74) is 0.985. The number of rotatable bonds is 7. The summed E-state index contributed by atoms with van der Waals surface area (Å²) >= 11 is 0. The molecule has 0 bridgehead atoms. The first-order valence-electron chi connectivity index (χ1n) is 10.7. The standard InChI is InChI=1S/C22H35N3O3/c1-15(2)21(25-13-16(3)27-17(4)14-25)22(26)24-12-18-9-10-20(23-11-18)28-19-7-5-6-8-19/h9-11,15-17,19,21H,5-8,12-14H2,1-4H3,(H,24,26). The predicted molar refractivity (Wildman–Crippen MR) is 109 cm³/mol. The highest BCUT2D eigenvalue weighted by molar-refractivity contribution is 5.82. The van der Waals surface area contributed by atoms with Crippen LogP contribution in [0.1, 0.15) is 58.9 Å². The molecule has 1 amide bonds. The number of carbonyl (C=O) groups is 1. The van der Waals surface area contributed by atoms with E-state index in [0.29, 0.717) is 18.5 Å². The van der Waals surface area contributed by atoms with Gasteiger partial charge < -0.3 is 14.8 Å². The van der Waals surface area contributed by atoms with E-state index < -0.39 is 0 Å². The average molecular weight is 390 g/mol. The van der Waals surface area contributed by atoms with Crippen LogP contribution in [0.25, 0.3) is 0 Å². The van der Waals surface area contributed by atoms with E-state index >= 15 is 0 Å². The van der Waals surface area contributed by atoms with Crippen LogP contribution >= 0.6 is 0 Å². The SMILES string of the molecule is CC1CN(C(C(=O)NCc2ccc(OC3CCCC3)nc2)C(C)C)CC(C)O1. The van der Waals surface area contributed by atoms with Crippen LogP contribution in [0.5, 0.6) is 5.88 Å². The molecular weight excluding hydrogens is 354 g/mol. The minimum Gasteiger partial charge on any atom is -0.474 e. The summed E-state index contributed by atoms with van der Waals surface area (Å²) in [5.74, 6) is 0.985. The van der Waals surface area contributed by atoms with Crippen LogP contribution in [0.4, 0.5) is 0 Å². The van der Waals surface area contributed by atoms with Crippen LogP contribution in [0, 0.1) is 5.92 Å². The summed E-state index contributed by atoms with van der Waals surface area (Å²) in [4.78, 5) is 19.6. The molecule has 1 saturated heterocycles. The smallest absolute Gasteiger partial charge is 0.237 e. The zero-order valence-electron chi connectivity index (χ0n) is 17.7. The van der Waals surface area contributed by atoms with Crippen molar-refractivity contribution in [2.45, 2.75) is 84.3 Å². The van der Waals surface area contributed by atoms with Crippen molar-refractivity contribution < 1.29 is 14.3 Å². The van der Waals surface area contributed by atoms with Crippen molar-refractivity contribution in [3.05, 3.63) is 23.9 Å². The Bertz CT molecular complexity index is 618. The van der Waals surface area contributed by atoms with Crippen molar-refractivity contribution in [2.75, 3.05) is 13.1 Å². The van der Waals surface area contributed by atoms with E-state index in [-0.39, 0.29) is 30.1 Å². The maximum Gasteiger partial charge on any atom is 0.237 e. The molecule has 1 aromatic rings. The second-order valence-electron chi connectivity index (χ2n) is 8.65. The molecule has 6 heteroatoms. The maximum atomic E-state index is 12.9. The molecule has 156 valence electrons. The fraction of sp³-hybridized carbons (Fsp3) is 0.727. The van der Waals surface area contributed by atoms with Crippen LogP contribution in [-0.2, 0) is 16.1 Å². The van der Waals surface area contributed by atoms with Gasteiger partial charge in [0.15, 0.2) is 0 Å². The van der Waals surface area contributed by atoms with Gasteiger partial charge in [-0.3, -0.25) is 9.69 Å². The lowest BCUT2D eigenvalue weighted by Crippen LogP contribution is -2.56. The first kappa shape index (κ1) is 21.1. The Hall–Kier alpha value is -1.66. The normalized spacial score (nSPS) is 25.0. The van der Waals surface area contributed by atoms with Gasteiger partial charge in [-0.15, -0.1) is 0 Å². The van der Waals surface area contributed by atoms with Gasteiger partial charge in [0.25, 0.3) is 0 Å². The first-order valence-corrected chi connectivity index (χ1v) is 10.7. The zero-order valence-corrected chi connectivity index (χ0v) is 17.7. The summed E-state index contributed by atoms with van der Waals surface area (Å²) in [7, 11) is 0. The fourth-order valence-electron chi connectivity index (χ4n) is 4.39. The lowest BCUT2D eigenvalue weighted by Gasteiger charge is -2.41. The van der Waals surface area contributed by atoms with Crippen molar-refractivity contribution in [2.24, 2.45) is 5.92 Å². The Morgan fingerprint density at radius 3 is 2.50 bits per heavy atom. The predicted octanol–water partition coefficient (Wildman–Crippen LogP) is 3.15. The molecule has 2 aliphatic rings. The van der Waals surface area contributed by atoms with E-state index in [4.69, 9.17) is 9.47 Å². The lowest BCUT2D eigenvalue weighted by atomic mass is 9.99. The van der Waals surface area contributed by atoms with Gasteiger partial charge in [-0.05, 0) is 51.0 Å². The Morgan fingerprint density at radius 1 is 1.25 bits per heavy atom. The van der Waals surface area contributed by atoms with Gasteiger partial charge in [0, 0.05) is 31.9 Å². The number of hydrogen-bond donors (Lipinski definition) is 1. The highest BCUT2D eigenvalue weighted by Gasteiger charge is 2.34. The zero-order chi connectivity index (χ0) is 20.1. The highest BCUT2D eigenvalue weighted by atomic mass is 16.5. The Labute approximate surface area is 169 Å². The molecule has 2 fully saturated rings. The van der Waals surface area contributed by atoms with Gasteiger partial charge in [-0.25, -0.2) is 4.98 Å². The average Bonchev–Trinajstić information content (AvgIpc) is 3.13. The van der Waals surface area contributed by atoms with E-state index in [0.717, 1.165) is 31.5 Å². The van der Waals surface area contributed by atoms with Gasteiger partial charge in [0.2, 0.25) is 11.8 Å². The van der Waals surface area contributed by atoms with Gasteiger partial charge >= 0.3 is 0 Å². The first-order chi connectivity index (χ1) is 13.4. The third-order valence-corrected chi connectivity index (χ3v) is 5.60. The van der Waals surface area contributed by atoms with Crippen molar-refractivity contribution in [1.82, 2.24) is 15.2 Å². The monoisotopic (exact) mass is 389 g/mol. The minimum atomic E-state index is -0.147. The summed E-state index contributed by atoms with van der Waals surface area (Å²) in [6, 6.07) is 3.75. The summed E-state index contributed by atoms with van der Waals surface area (Å²) in [6.07, 6.45) is 7.13. The molecule has 6 nitrogen and oxygen atoms in total. The molecule has 0 spiro atoms. The molecule has 0 aromatic carbocycles. The quantitative estimate of drug-likeness (QED) is 0.776. The molecule has 3 unspecified atom stereocenters. The van der Waals surface area contributed by atoms with Crippen molar-refractivity contribution in [3.8, 4) is 5.88 Å². The number of nitrogens with zero attached hydrogens (tertiary/aromatic N) is 2. The van der Waals surface area contributed by atoms with Crippen molar-refractivity contribution in [1.29, 1.82) is 0 Å². The molecule has 1 aliphatic heterocycles. The third kappa shape index (κ3) is 5.67. The number of hydrogen-bond acceptors (Lipinski definition) is 5. The summed E-state index contributed by atoms with van der Waals surface area (Å²) < 4.78 is 11.7. The second-order valence-corrected chi connectivity index (χ2v) is 8.65. The number of amides is 1.